The topological polar surface area (TPSA) is 21.7 Å². The van der Waals surface area contributed by atoms with E-state index in [4.69, 9.17) is 9.47 Å². The highest BCUT2D eigenvalue weighted by Crippen LogP contribution is 2.51. The number of nitrogens with zero attached hydrogens (tertiary/aromatic N) is 1. The molecule has 0 saturated heterocycles. The third-order valence-electron chi connectivity index (χ3n) is 11.5. The third kappa shape index (κ3) is 3.72. The van der Waals surface area contributed by atoms with E-state index in [2.05, 4.69) is 144 Å². The van der Waals surface area contributed by atoms with Gasteiger partial charge in [-0.05, 0) is 93.4 Å². The molecule has 9 rings (SSSR count). The molecule has 5 aromatic rings. The van der Waals surface area contributed by atoms with Gasteiger partial charge < -0.3 is 14.4 Å². The van der Waals surface area contributed by atoms with Crippen LogP contribution in [0, 0.1) is 6.92 Å². The molecule has 0 amide bonds. The highest BCUT2D eigenvalue weighted by molar-refractivity contribution is 7.02. The SMILES string of the molecule is Cc1cc2c3c(c1)Oc1c(ccc4c1C(C)(C)CCC4(C)C)B3c1ccc(N3c4ccccc4[Si](C)(C)c4ccccc43)cc1O2. The second-order valence-corrected chi connectivity index (χ2v) is 20.0. The Morgan fingerprint density at radius 3 is 1.98 bits per heavy atom. The Kier molecular flexibility index (Phi) is 5.60. The molecule has 5 heteroatoms. The third-order valence-corrected chi connectivity index (χ3v) is 15.0. The van der Waals surface area contributed by atoms with E-state index >= 15 is 0 Å². The summed E-state index contributed by atoms with van der Waals surface area (Å²) in [4.78, 5) is 2.45. The van der Waals surface area contributed by atoms with Crippen LogP contribution < -0.4 is 41.1 Å². The lowest BCUT2D eigenvalue weighted by Crippen LogP contribution is -2.59. The fraction of sp³-hybridized carbons (Fsp3) is 0.268. The minimum atomic E-state index is -1.87. The summed E-state index contributed by atoms with van der Waals surface area (Å²) in [5, 5.41) is 2.93. The summed E-state index contributed by atoms with van der Waals surface area (Å²) < 4.78 is 13.8. The van der Waals surface area contributed by atoms with Gasteiger partial charge in [-0.15, -0.1) is 0 Å². The van der Waals surface area contributed by atoms with Crippen molar-refractivity contribution in [1.82, 2.24) is 0 Å². The van der Waals surface area contributed by atoms with Gasteiger partial charge in [0.05, 0.1) is 0 Å². The zero-order chi connectivity index (χ0) is 31.7. The van der Waals surface area contributed by atoms with Crippen LogP contribution in [0.4, 0.5) is 17.1 Å². The predicted octanol–water partition coefficient (Wildman–Crippen LogP) is 7.68. The molecule has 3 nitrogen and oxygen atoms in total. The first kappa shape index (κ1) is 28.0. The molecule has 0 spiro atoms. The molecule has 0 fully saturated rings. The summed E-state index contributed by atoms with van der Waals surface area (Å²) in [5.74, 6) is 3.82. The Morgan fingerprint density at radius 2 is 1.28 bits per heavy atom. The van der Waals surface area contributed by atoms with Gasteiger partial charge in [0.25, 0.3) is 6.71 Å². The van der Waals surface area contributed by atoms with Crippen LogP contribution in [-0.2, 0) is 10.8 Å². The van der Waals surface area contributed by atoms with Crippen molar-refractivity contribution in [3.05, 3.63) is 108 Å². The number of ether oxygens (including phenoxy) is 2. The molecular formula is C41H40BNO2Si. The second-order valence-electron chi connectivity index (χ2n) is 15.7. The van der Waals surface area contributed by atoms with Gasteiger partial charge in [0, 0.05) is 34.2 Å². The smallest absolute Gasteiger partial charge is 0.260 e. The molecule has 0 N–H and O–H groups in total. The Hall–Kier alpha value is -4.22. The van der Waals surface area contributed by atoms with Gasteiger partial charge in [-0.3, -0.25) is 0 Å². The zero-order valence-electron chi connectivity index (χ0n) is 27.9. The summed E-state index contributed by atoms with van der Waals surface area (Å²) in [6.07, 6.45) is 2.32. The van der Waals surface area contributed by atoms with Gasteiger partial charge >= 0.3 is 0 Å². The highest BCUT2D eigenvalue weighted by Gasteiger charge is 2.46. The number of anilines is 3. The van der Waals surface area contributed by atoms with E-state index in [9.17, 15) is 0 Å². The van der Waals surface area contributed by atoms with Gasteiger partial charge in [0.1, 0.15) is 31.1 Å². The summed E-state index contributed by atoms with van der Waals surface area (Å²) >= 11 is 0. The van der Waals surface area contributed by atoms with E-state index in [1.807, 2.05) is 0 Å². The fourth-order valence-electron chi connectivity index (χ4n) is 8.89. The Balaban J connectivity index is 1.26. The number of fused-ring (bicyclic) bond motifs is 8. The first-order valence-corrected chi connectivity index (χ1v) is 19.8. The van der Waals surface area contributed by atoms with Crippen LogP contribution in [0.1, 0.15) is 57.2 Å². The number of rotatable bonds is 1. The van der Waals surface area contributed by atoms with Gasteiger partial charge in [-0.2, -0.15) is 0 Å². The average Bonchev–Trinajstić information content (AvgIpc) is 3.02. The molecule has 1 aliphatic carbocycles. The van der Waals surface area contributed by atoms with Crippen LogP contribution in [0.5, 0.6) is 23.0 Å². The van der Waals surface area contributed by atoms with Gasteiger partial charge in [-0.25, -0.2) is 0 Å². The van der Waals surface area contributed by atoms with Crippen molar-refractivity contribution in [3.8, 4) is 23.0 Å². The quantitative estimate of drug-likeness (QED) is 0.177. The largest absolute Gasteiger partial charge is 0.458 e. The standard InChI is InChI=1S/C41H40BNO2Si/c1-25-22-33-38-34(23-25)45-39-29(19-17-27-37(39)41(4,5)21-20-40(27,2)3)42(38)28-18-16-26(24-32(28)44-33)43-30-12-8-10-14-35(30)46(6,7)36-15-11-9-13-31(36)43/h8-19,22-24H,20-21H2,1-7H3. The van der Waals surface area contributed by atoms with E-state index in [0.717, 1.165) is 46.1 Å². The number of para-hydroxylation sites is 2. The van der Waals surface area contributed by atoms with Crippen LogP contribution in [-0.4, -0.2) is 14.8 Å². The summed E-state index contributed by atoms with van der Waals surface area (Å²) in [5.41, 5.74) is 11.4. The molecule has 5 aromatic carbocycles. The molecule has 46 heavy (non-hydrogen) atoms. The van der Waals surface area contributed by atoms with Crippen molar-refractivity contribution in [3.63, 3.8) is 0 Å². The fourth-order valence-corrected chi connectivity index (χ4v) is 11.9. The number of hydrogen-bond acceptors (Lipinski definition) is 3. The van der Waals surface area contributed by atoms with Gasteiger partial charge in [0.2, 0.25) is 0 Å². The maximum Gasteiger partial charge on any atom is 0.260 e. The molecule has 0 atom stereocenters. The molecule has 4 aliphatic rings. The number of hydrogen-bond donors (Lipinski definition) is 0. The summed E-state index contributed by atoms with van der Waals surface area (Å²) in [6, 6.07) is 34.0. The highest BCUT2D eigenvalue weighted by atomic mass is 28.3. The van der Waals surface area contributed by atoms with Gasteiger partial charge in [-0.1, -0.05) is 95.4 Å². The van der Waals surface area contributed by atoms with E-state index in [0.29, 0.717) is 0 Å². The number of aryl methyl sites for hydroxylation is 1. The van der Waals surface area contributed by atoms with Crippen LogP contribution >= 0.6 is 0 Å². The lowest BCUT2D eigenvalue weighted by molar-refractivity contribution is 0.320. The first-order valence-electron chi connectivity index (χ1n) is 16.8. The molecule has 0 saturated carbocycles. The Morgan fingerprint density at radius 1 is 0.674 bits per heavy atom. The first-order chi connectivity index (χ1) is 22.0. The van der Waals surface area contributed by atoms with E-state index in [-0.39, 0.29) is 17.5 Å². The van der Waals surface area contributed by atoms with Crippen LogP contribution in [0.15, 0.2) is 91.0 Å². The van der Waals surface area contributed by atoms with Crippen molar-refractivity contribution in [2.45, 2.75) is 71.4 Å². The van der Waals surface area contributed by atoms with Crippen molar-refractivity contribution >= 4 is 58.6 Å². The Labute approximate surface area is 274 Å². The monoisotopic (exact) mass is 617 g/mol. The molecule has 228 valence electrons. The second kappa shape index (κ2) is 9.19. The Bertz CT molecular complexity index is 2080. The van der Waals surface area contributed by atoms with Gasteiger partial charge in [0.15, 0.2) is 0 Å². The molecular weight excluding hydrogens is 577 g/mol. The van der Waals surface area contributed by atoms with Crippen LogP contribution in [0.25, 0.3) is 0 Å². The minimum Gasteiger partial charge on any atom is -0.458 e. The molecule has 0 bridgehead atoms. The minimum absolute atomic E-state index is 0.0321. The van der Waals surface area contributed by atoms with E-state index in [1.165, 1.54) is 50.2 Å². The molecule has 0 aromatic heterocycles. The molecule has 3 heterocycles. The van der Waals surface area contributed by atoms with E-state index < -0.39 is 8.07 Å². The van der Waals surface area contributed by atoms with Crippen LogP contribution in [0.2, 0.25) is 13.1 Å². The van der Waals surface area contributed by atoms with Crippen molar-refractivity contribution in [2.24, 2.45) is 0 Å². The lowest BCUT2D eigenvalue weighted by Gasteiger charge is -2.45. The summed E-state index contributed by atoms with van der Waals surface area (Å²) in [6.45, 7) is 16.7. The van der Waals surface area contributed by atoms with Crippen molar-refractivity contribution in [1.29, 1.82) is 0 Å². The number of benzene rings is 5. The van der Waals surface area contributed by atoms with E-state index in [1.54, 1.807) is 0 Å². The lowest BCUT2D eigenvalue weighted by atomic mass is 9.34. The average molecular weight is 618 g/mol. The molecule has 0 unspecified atom stereocenters. The molecule has 3 aliphatic heterocycles. The van der Waals surface area contributed by atoms with Crippen molar-refractivity contribution in [2.75, 3.05) is 4.90 Å². The van der Waals surface area contributed by atoms with Crippen LogP contribution in [0.3, 0.4) is 0 Å². The predicted molar refractivity (Wildman–Crippen MR) is 196 cm³/mol. The van der Waals surface area contributed by atoms with Crippen molar-refractivity contribution < 1.29 is 9.47 Å². The zero-order valence-corrected chi connectivity index (χ0v) is 28.9. The normalized spacial score (nSPS) is 18.5. The summed E-state index contributed by atoms with van der Waals surface area (Å²) in [7, 11) is -1.87. The maximum absolute atomic E-state index is 6.98. The molecule has 0 radical (unpaired) electrons. The maximum atomic E-state index is 6.98.